The number of non-ortho nitro benzene ring substituents is 1. The topological polar surface area (TPSA) is 55.5 Å². The first kappa shape index (κ1) is 9.58. The summed E-state index contributed by atoms with van der Waals surface area (Å²) in [5.74, 6) is 0. The van der Waals surface area contributed by atoms with Crippen molar-refractivity contribution in [2.45, 2.75) is 13.0 Å². The molecule has 4 heteroatoms. The molecule has 2 rings (SSSR count). The fourth-order valence-electron chi connectivity index (χ4n) is 1.74. The van der Waals surface area contributed by atoms with Gasteiger partial charge in [-0.2, -0.15) is 0 Å². The van der Waals surface area contributed by atoms with Crippen LogP contribution < -0.4 is 0 Å². The Labute approximate surface area is 87.1 Å². The maximum Gasteiger partial charge on any atom is 0.270 e. The van der Waals surface area contributed by atoms with Crippen LogP contribution in [-0.2, 0) is 13.0 Å². The van der Waals surface area contributed by atoms with Crippen molar-refractivity contribution in [2.24, 2.45) is 4.99 Å². The molecule has 0 aromatic heterocycles. The highest BCUT2D eigenvalue weighted by atomic mass is 16.6. The van der Waals surface area contributed by atoms with Gasteiger partial charge in [0, 0.05) is 24.8 Å². The Morgan fingerprint density at radius 1 is 1.53 bits per heavy atom. The fourth-order valence-corrected chi connectivity index (χ4v) is 1.74. The number of benzene rings is 1. The quantitative estimate of drug-likeness (QED) is 0.546. The smallest absolute Gasteiger partial charge is 0.270 e. The molecule has 1 aromatic carbocycles. The summed E-state index contributed by atoms with van der Waals surface area (Å²) in [5.41, 5.74) is 2.98. The highest BCUT2D eigenvalue weighted by Gasteiger charge is 2.15. The Hall–Kier alpha value is -1.97. The SMILES string of the molecule is C=Cc1cc([N+](=O)[O-])cc2c1CC=NC2. The average Bonchev–Trinajstić information content (AvgIpc) is 2.27. The van der Waals surface area contributed by atoms with Crippen molar-refractivity contribution < 1.29 is 4.92 Å². The highest BCUT2D eigenvalue weighted by Crippen LogP contribution is 2.26. The summed E-state index contributed by atoms with van der Waals surface area (Å²) in [6.07, 6.45) is 4.22. The summed E-state index contributed by atoms with van der Waals surface area (Å²) in [4.78, 5) is 14.4. The minimum absolute atomic E-state index is 0.112. The molecule has 0 saturated carbocycles. The molecule has 0 atom stereocenters. The summed E-state index contributed by atoms with van der Waals surface area (Å²) in [6.45, 7) is 4.20. The first-order valence-electron chi connectivity index (χ1n) is 4.63. The maximum atomic E-state index is 10.7. The van der Waals surface area contributed by atoms with E-state index in [4.69, 9.17) is 0 Å². The molecule has 1 aliphatic rings. The first-order chi connectivity index (χ1) is 7.22. The van der Waals surface area contributed by atoms with E-state index < -0.39 is 0 Å². The summed E-state index contributed by atoms with van der Waals surface area (Å²) in [6, 6.07) is 3.16. The van der Waals surface area contributed by atoms with Crippen LogP contribution in [0.1, 0.15) is 16.7 Å². The number of nitro benzene ring substituents is 1. The predicted octanol–water partition coefficient (Wildman–Crippen LogP) is 2.36. The lowest BCUT2D eigenvalue weighted by Crippen LogP contribution is -2.04. The molecule has 0 radical (unpaired) electrons. The molecule has 0 unspecified atom stereocenters. The van der Waals surface area contributed by atoms with E-state index >= 15 is 0 Å². The molecule has 76 valence electrons. The van der Waals surface area contributed by atoms with Gasteiger partial charge >= 0.3 is 0 Å². The fraction of sp³-hybridized carbons (Fsp3) is 0.182. The molecule has 0 amide bonds. The first-order valence-corrected chi connectivity index (χ1v) is 4.63. The van der Waals surface area contributed by atoms with Crippen LogP contribution in [0.2, 0.25) is 0 Å². The molecule has 0 bridgehead atoms. The Balaban J connectivity index is 2.60. The Kier molecular flexibility index (Phi) is 2.33. The molecule has 0 N–H and O–H groups in total. The minimum atomic E-state index is -0.383. The van der Waals surface area contributed by atoms with E-state index in [-0.39, 0.29) is 10.6 Å². The van der Waals surface area contributed by atoms with Gasteiger partial charge in [-0.25, -0.2) is 0 Å². The normalized spacial score (nSPS) is 13.3. The van der Waals surface area contributed by atoms with Gasteiger partial charge in [-0.15, -0.1) is 0 Å². The third-order valence-electron chi connectivity index (χ3n) is 2.48. The molecule has 15 heavy (non-hydrogen) atoms. The van der Waals surface area contributed by atoms with Gasteiger partial charge in [0.05, 0.1) is 11.5 Å². The van der Waals surface area contributed by atoms with Crippen molar-refractivity contribution in [1.82, 2.24) is 0 Å². The molecule has 0 aliphatic carbocycles. The van der Waals surface area contributed by atoms with E-state index in [0.29, 0.717) is 6.54 Å². The zero-order chi connectivity index (χ0) is 10.8. The second-order valence-electron chi connectivity index (χ2n) is 3.36. The second kappa shape index (κ2) is 3.65. The third-order valence-corrected chi connectivity index (χ3v) is 2.48. The lowest BCUT2D eigenvalue weighted by atomic mass is 9.96. The summed E-state index contributed by atoms with van der Waals surface area (Å²) < 4.78 is 0. The number of fused-ring (bicyclic) bond motifs is 1. The van der Waals surface area contributed by atoms with E-state index in [0.717, 1.165) is 23.1 Å². The zero-order valence-electron chi connectivity index (χ0n) is 8.14. The van der Waals surface area contributed by atoms with E-state index in [2.05, 4.69) is 11.6 Å². The molecule has 1 aliphatic heterocycles. The van der Waals surface area contributed by atoms with Crippen LogP contribution in [0, 0.1) is 10.1 Å². The summed E-state index contributed by atoms with van der Waals surface area (Å²) in [5, 5.41) is 10.7. The minimum Gasteiger partial charge on any atom is -0.292 e. The number of hydrogen-bond acceptors (Lipinski definition) is 3. The largest absolute Gasteiger partial charge is 0.292 e. The lowest BCUT2D eigenvalue weighted by Gasteiger charge is -2.13. The van der Waals surface area contributed by atoms with Crippen LogP contribution >= 0.6 is 0 Å². The van der Waals surface area contributed by atoms with Crippen molar-refractivity contribution in [1.29, 1.82) is 0 Å². The average molecular weight is 202 g/mol. The molecule has 4 nitrogen and oxygen atoms in total. The molecular formula is C11H10N2O2. The van der Waals surface area contributed by atoms with Crippen LogP contribution in [0.3, 0.4) is 0 Å². The van der Waals surface area contributed by atoms with Gasteiger partial charge in [0.15, 0.2) is 0 Å². The third kappa shape index (κ3) is 1.66. The van der Waals surface area contributed by atoms with Crippen molar-refractivity contribution >= 4 is 18.0 Å². The molecule has 0 spiro atoms. The van der Waals surface area contributed by atoms with Gasteiger partial charge in [-0.3, -0.25) is 15.1 Å². The Bertz CT molecular complexity index is 464. The van der Waals surface area contributed by atoms with Gasteiger partial charge in [-0.1, -0.05) is 12.7 Å². The summed E-state index contributed by atoms with van der Waals surface area (Å²) in [7, 11) is 0. The highest BCUT2D eigenvalue weighted by molar-refractivity contribution is 5.70. The monoisotopic (exact) mass is 202 g/mol. The van der Waals surface area contributed by atoms with Crippen LogP contribution in [-0.4, -0.2) is 11.1 Å². The Morgan fingerprint density at radius 2 is 2.33 bits per heavy atom. The maximum absolute atomic E-state index is 10.7. The van der Waals surface area contributed by atoms with Gasteiger partial charge in [-0.05, 0) is 16.7 Å². The van der Waals surface area contributed by atoms with E-state index in [9.17, 15) is 10.1 Å². The Morgan fingerprint density at radius 3 is 3.00 bits per heavy atom. The van der Waals surface area contributed by atoms with Crippen LogP contribution in [0.15, 0.2) is 23.7 Å². The number of rotatable bonds is 2. The summed E-state index contributed by atoms with van der Waals surface area (Å²) >= 11 is 0. The van der Waals surface area contributed by atoms with Crippen molar-refractivity contribution in [3.05, 3.63) is 45.5 Å². The van der Waals surface area contributed by atoms with Crippen LogP contribution in [0.5, 0.6) is 0 Å². The van der Waals surface area contributed by atoms with Crippen LogP contribution in [0.25, 0.3) is 6.08 Å². The zero-order valence-corrected chi connectivity index (χ0v) is 8.14. The van der Waals surface area contributed by atoms with Gasteiger partial charge in [0.25, 0.3) is 5.69 Å². The number of nitro groups is 1. The van der Waals surface area contributed by atoms with E-state index in [1.165, 1.54) is 0 Å². The van der Waals surface area contributed by atoms with Crippen molar-refractivity contribution in [3.63, 3.8) is 0 Å². The lowest BCUT2D eigenvalue weighted by molar-refractivity contribution is -0.384. The van der Waals surface area contributed by atoms with Crippen molar-refractivity contribution in [3.8, 4) is 0 Å². The van der Waals surface area contributed by atoms with Gasteiger partial charge in [0.2, 0.25) is 0 Å². The van der Waals surface area contributed by atoms with Crippen molar-refractivity contribution in [2.75, 3.05) is 0 Å². The predicted molar refractivity (Wildman–Crippen MR) is 59.1 cm³/mol. The van der Waals surface area contributed by atoms with E-state index in [1.54, 1.807) is 18.2 Å². The second-order valence-corrected chi connectivity index (χ2v) is 3.36. The van der Waals surface area contributed by atoms with E-state index in [1.807, 2.05) is 6.21 Å². The molecule has 0 saturated heterocycles. The molecule has 0 fully saturated rings. The molecule has 1 heterocycles. The standard InChI is InChI=1S/C11H10N2O2/c1-2-8-5-10(13(14)15)6-9-7-12-4-3-11(8)9/h2,4-6H,1,3,7H2. The molecule has 1 aromatic rings. The van der Waals surface area contributed by atoms with Crippen LogP contribution in [0.4, 0.5) is 5.69 Å². The number of nitrogens with zero attached hydrogens (tertiary/aromatic N) is 2. The van der Waals surface area contributed by atoms with Gasteiger partial charge in [0.1, 0.15) is 0 Å². The van der Waals surface area contributed by atoms with Gasteiger partial charge < -0.3 is 0 Å². The number of hydrogen-bond donors (Lipinski definition) is 0. The number of aliphatic imine (C=N–C) groups is 1. The molecular weight excluding hydrogens is 192 g/mol.